The molecule has 1 aromatic carbocycles. The maximum atomic E-state index is 12.2. The molecule has 0 spiro atoms. The molecule has 0 saturated heterocycles. The Labute approximate surface area is 146 Å². The third-order valence-corrected chi connectivity index (χ3v) is 4.53. The van der Waals surface area contributed by atoms with Gasteiger partial charge < -0.3 is 16.4 Å². The summed E-state index contributed by atoms with van der Waals surface area (Å²) in [6.07, 6.45) is 3.10. The normalized spacial score (nSPS) is 14.2. The van der Waals surface area contributed by atoms with Crippen molar-refractivity contribution in [3.05, 3.63) is 50.8 Å². The minimum Gasteiger partial charge on any atom is -0.385 e. The number of hydrogen-bond donors (Lipinski definition) is 3. The van der Waals surface area contributed by atoms with Gasteiger partial charge >= 0.3 is 0 Å². The number of amides is 1. The van der Waals surface area contributed by atoms with Gasteiger partial charge in [0.2, 0.25) is 5.91 Å². The van der Waals surface area contributed by atoms with E-state index in [1.165, 1.54) is 5.57 Å². The zero-order chi connectivity index (χ0) is 17.0. The largest absolute Gasteiger partial charge is 0.385 e. The molecule has 0 aromatic heterocycles. The molecular formula is C17H21Cl2N3O. The first-order valence-corrected chi connectivity index (χ1v) is 8.25. The first kappa shape index (κ1) is 17.9. The van der Waals surface area contributed by atoms with Crippen molar-refractivity contribution in [2.24, 2.45) is 5.73 Å². The Morgan fingerprint density at radius 2 is 2.09 bits per heavy atom. The van der Waals surface area contributed by atoms with Crippen molar-refractivity contribution in [2.45, 2.75) is 26.7 Å². The second-order valence-corrected chi connectivity index (χ2v) is 6.49. The lowest BCUT2D eigenvalue weighted by Gasteiger charge is -2.18. The summed E-state index contributed by atoms with van der Waals surface area (Å²) in [5.41, 5.74) is 9.36. The highest BCUT2D eigenvalue weighted by Crippen LogP contribution is 2.34. The lowest BCUT2D eigenvalue weighted by molar-refractivity contribution is -0.119. The van der Waals surface area contributed by atoms with E-state index in [-0.39, 0.29) is 12.3 Å². The molecule has 4 nitrogen and oxygen atoms in total. The van der Waals surface area contributed by atoms with Crippen molar-refractivity contribution in [2.75, 3.05) is 13.1 Å². The Morgan fingerprint density at radius 3 is 2.70 bits per heavy atom. The standard InChI is InChI=1S/C17H21Cl2N3O/c1-10(2)17(20)22-15(23)9-13-14(18)4-3-12(16(13)19)11-5-7-21-8-6-11/h3-5,21H,6-9,20H2,1-2H3,(H,22,23). The van der Waals surface area contributed by atoms with Crippen LogP contribution in [0.4, 0.5) is 0 Å². The summed E-state index contributed by atoms with van der Waals surface area (Å²) in [4.78, 5) is 12.2. The fraction of sp³-hybridized carbons (Fsp3) is 0.353. The van der Waals surface area contributed by atoms with Gasteiger partial charge in [0.15, 0.2) is 0 Å². The Bertz CT molecular complexity index is 677. The molecule has 0 bridgehead atoms. The van der Waals surface area contributed by atoms with E-state index < -0.39 is 0 Å². The van der Waals surface area contributed by atoms with Gasteiger partial charge in [-0.25, -0.2) is 0 Å². The van der Waals surface area contributed by atoms with Gasteiger partial charge in [0, 0.05) is 11.6 Å². The van der Waals surface area contributed by atoms with E-state index in [9.17, 15) is 4.79 Å². The third kappa shape index (κ3) is 4.50. The number of allylic oxidation sites excluding steroid dienone is 1. The van der Waals surface area contributed by atoms with E-state index in [1.54, 1.807) is 6.07 Å². The molecule has 6 heteroatoms. The van der Waals surface area contributed by atoms with Crippen LogP contribution in [-0.2, 0) is 11.2 Å². The average Bonchev–Trinajstić information content (AvgIpc) is 2.52. The van der Waals surface area contributed by atoms with Crippen molar-refractivity contribution >= 4 is 34.7 Å². The summed E-state index contributed by atoms with van der Waals surface area (Å²) in [5, 5.41) is 6.95. The monoisotopic (exact) mass is 353 g/mol. The Morgan fingerprint density at radius 1 is 1.35 bits per heavy atom. The molecule has 2 rings (SSSR count). The summed E-state index contributed by atoms with van der Waals surface area (Å²) in [7, 11) is 0. The molecule has 0 fully saturated rings. The predicted molar refractivity (Wildman–Crippen MR) is 96.3 cm³/mol. The van der Waals surface area contributed by atoms with Gasteiger partial charge in [-0.05, 0) is 55.2 Å². The minimum atomic E-state index is -0.232. The fourth-order valence-corrected chi connectivity index (χ4v) is 2.98. The molecular weight excluding hydrogens is 333 g/mol. The Hall–Kier alpha value is -1.49. The molecule has 1 aliphatic rings. The molecule has 0 atom stereocenters. The number of nitrogens with two attached hydrogens (primary N) is 1. The number of benzene rings is 1. The second-order valence-electron chi connectivity index (χ2n) is 5.71. The third-order valence-electron chi connectivity index (χ3n) is 3.75. The average molecular weight is 354 g/mol. The van der Waals surface area contributed by atoms with Crippen LogP contribution in [0.15, 0.2) is 29.6 Å². The van der Waals surface area contributed by atoms with Crippen LogP contribution in [0.25, 0.3) is 5.57 Å². The molecule has 0 unspecified atom stereocenters. The maximum Gasteiger partial charge on any atom is 0.229 e. The van der Waals surface area contributed by atoms with E-state index in [4.69, 9.17) is 28.9 Å². The maximum absolute atomic E-state index is 12.2. The van der Waals surface area contributed by atoms with Crippen LogP contribution in [0.2, 0.25) is 10.0 Å². The highest BCUT2D eigenvalue weighted by Gasteiger charge is 2.17. The summed E-state index contributed by atoms with van der Waals surface area (Å²) in [5.74, 6) is 0.128. The Kier molecular flexibility index (Phi) is 6.10. The lowest BCUT2D eigenvalue weighted by atomic mass is 9.97. The summed E-state index contributed by atoms with van der Waals surface area (Å²) < 4.78 is 0. The summed E-state index contributed by atoms with van der Waals surface area (Å²) in [6.45, 7) is 5.40. The summed E-state index contributed by atoms with van der Waals surface area (Å²) in [6, 6.07) is 3.70. The van der Waals surface area contributed by atoms with Crippen LogP contribution >= 0.6 is 23.2 Å². The van der Waals surface area contributed by atoms with Crippen molar-refractivity contribution in [1.82, 2.24) is 10.6 Å². The van der Waals surface area contributed by atoms with E-state index in [0.29, 0.717) is 21.4 Å². The van der Waals surface area contributed by atoms with Crippen LogP contribution < -0.4 is 16.4 Å². The van der Waals surface area contributed by atoms with Crippen LogP contribution in [0.3, 0.4) is 0 Å². The number of halogens is 2. The van der Waals surface area contributed by atoms with Gasteiger partial charge in [0.1, 0.15) is 5.82 Å². The molecule has 4 N–H and O–H groups in total. The van der Waals surface area contributed by atoms with Crippen molar-refractivity contribution in [3.63, 3.8) is 0 Å². The SMILES string of the molecule is CC(C)=C(N)NC(=O)Cc1c(Cl)ccc(C2=CCNCC2)c1Cl. The lowest BCUT2D eigenvalue weighted by Crippen LogP contribution is -2.29. The summed E-state index contributed by atoms with van der Waals surface area (Å²) >= 11 is 12.8. The molecule has 1 aliphatic heterocycles. The van der Waals surface area contributed by atoms with Gasteiger partial charge in [-0.15, -0.1) is 0 Å². The smallest absolute Gasteiger partial charge is 0.229 e. The van der Waals surface area contributed by atoms with Gasteiger partial charge in [0.05, 0.1) is 11.4 Å². The van der Waals surface area contributed by atoms with Crippen LogP contribution in [0.1, 0.15) is 31.4 Å². The van der Waals surface area contributed by atoms with E-state index in [2.05, 4.69) is 16.7 Å². The van der Waals surface area contributed by atoms with Crippen LogP contribution in [0.5, 0.6) is 0 Å². The van der Waals surface area contributed by atoms with Crippen molar-refractivity contribution in [3.8, 4) is 0 Å². The van der Waals surface area contributed by atoms with Gasteiger partial charge in [-0.2, -0.15) is 0 Å². The number of carbonyl (C=O) groups excluding carboxylic acids is 1. The molecule has 1 amide bonds. The van der Waals surface area contributed by atoms with Crippen LogP contribution in [0, 0.1) is 0 Å². The quantitative estimate of drug-likeness (QED) is 0.778. The number of rotatable bonds is 4. The Balaban J connectivity index is 2.26. The van der Waals surface area contributed by atoms with Gasteiger partial charge in [0.25, 0.3) is 0 Å². The first-order chi connectivity index (χ1) is 10.9. The van der Waals surface area contributed by atoms with Crippen molar-refractivity contribution < 1.29 is 4.79 Å². The zero-order valence-electron chi connectivity index (χ0n) is 13.3. The zero-order valence-corrected chi connectivity index (χ0v) is 14.8. The molecule has 1 aromatic rings. The van der Waals surface area contributed by atoms with E-state index in [1.807, 2.05) is 19.9 Å². The molecule has 0 saturated carbocycles. The van der Waals surface area contributed by atoms with Gasteiger partial charge in [-0.1, -0.05) is 35.3 Å². The molecule has 1 heterocycles. The van der Waals surface area contributed by atoms with Crippen LogP contribution in [-0.4, -0.2) is 19.0 Å². The number of nitrogens with one attached hydrogen (secondary N) is 2. The molecule has 124 valence electrons. The molecule has 23 heavy (non-hydrogen) atoms. The van der Waals surface area contributed by atoms with Gasteiger partial charge in [-0.3, -0.25) is 4.79 Å². The minimum absolute atomic E-state index is 0.0883. The highest BCUT2D eigenvalue weighted by molar-refractivity contribution is 6.37. The highest BCUT2D eigenvalue weighted by atomic mass is 35.5. The molecule has 0 radical (unpaired) electrons. The first-order valence-electron chi connectivity index (χ1n) is 7.50. The van der Waals surface area contributed by atoms with E-state index in [0.717, 1.165) is 30.6 Å². The van der Waals surface area contributed by atoms with E-state index >= 15 is 0 Å². The number of carbonyl (C=O) groups is 1. The molecule has 0 aliphatic carbocycles. The second kappa shape index (κ2) is 7.86. The topological polar surface area (TPSA) is 67.1 Å². The fourth-order valence-electron chi connectivity index (χ4n) is 2.35. The predicted octanol–water partition coefficient (Wildman–Crippen LogP) is 3.24. The van der Waals surface area contributed by atoms with Crippen molar-refractivity contribution in [1.29, 1.82) is 0 Å². The number of hydrogen-bond acceptors (Lipinski definition) is 3.